The topological polar surface area (TPSA) is 49.7 Å². The summed E-state index contributed by atoms with van der Waals surface area (Å²) < 4.78 is 16.0. The number of nitrogens with zero attached hydrogens (tertiary/aromatic N) is 2. The Labute approximate surface area is 133 Å². The highest BCUT2D eigenvalue weighted by molar-refractivity contribution is 7.92. The fourth-order valence-corrected chi connectivity index (χ4v) is 3.56. The van der Waals surface area contributed by atoms with E-state index in [1.54, 1.807) is 24.6 Å². The third-order valence-electron chi connectivity index (χ3n) is 4.34. The molecule has 1 amide bonds. The molecule has 2 saturated carbocycles. The van der Waals surface area contributed by atoms with Crippen LogP contribution in [0.1, 0.15) is 43.0 Å². The molecular formula is C17H24N2O2S. The smallest absolute Gasteiger partial charge is 0.254 e. The summed E-state index contributed by atoms with van der Waals surface area (Å²) in [4.78, 5) is 15.0. The predicted molar refractivity (Wildman–Crippen MR) is 89.9 cm³/mol. The van der Waals surface area contributed by atoms with Gasteiger partial charge in [-0.15, -0.1) is 0 Å². The Kier molecular flexibility index (Phi) is 4.02. The van der Waals surface area contributed by atoms with Crippen LogP contribution >= 0.6 is 0 Å². The second-order valence-corrected chi connectivity index (χ2v) is 9.39. The number of rotatable bonds is 5. The molecule has 0 saturated heterocycles. The minimum absolute atomic E-state index is 0.0951. The Morgan fingerprint density at radius 3 is 2.50 bits per heavy atom. The summed E-state index contributed by atoms with van der Waals surface area (Å²) in [5.41, 5.74) is 1.28. The Bertz CT molecular complexity index is 690. The monoisotopic (exact) mass is 320 g/mol. The van der Waals surface area contributed by atoms with Crippen LogP contribution in [0.25, 0.3) is 0 Å². The summed E-state index contributed by atoms with van der Waals surface area (Å²) in [6.45, 7) is 2.17. The highest BCUT2D eigenvalue weighted by Crippen LogP contribution is 2.40. The van der Waals surface area contributed by atoms with E-state index < -0.39 is 9.73 Å². The predicted octanol–water partition coefficient (Wildman–Crippen LogP) is 3.45. The van der Waals surface area contributed by atoms with Gasteiger partial charge in [0.05, 0.1) is 5.69 Å². The quantitative estimate of drug-likeness (QED) is 0.834. The molecule has 5 heteroatoms. The van der Waals surface area contributed by atoms with Crippen LogP contribution in [0.2, 0.25) is 0 Å². The van der Waals surface area contributed by atoms with Crippen molar-refractivity contribution in [3.05, 3.63) is 29.8 Å². The fourth-order valence-electron chi connectivity index (χ4n) is 2.94. The average molecular weight is 320 g/mol. The molecule has 1 atom stereocenters. The molecule has 2 aliphatic rings. The van der Waals surface area contributed by atoms with E-state index in [4.69, 9.17) is 0 Å². The van der Waals surface area contributed by atoms with Crippen molar-refractivity contribution in [1.82, 2.24) is 4.90 Å². The summed E-state index contributed by atoms with van der Waals surface area (Å²) in [5.74, 6) is 0.764. The van der Waals surface area contributed by atoms with Crippen LogP contribution in [0, 0.1) is 5.92 Å². The molecule has 0 aromatic heterocycles. The molecule has 2 fully saturated rings. The first-order chi connectivity index (χ1) is 10.3. The first kappa shape index (κ1) is 15.5. The van der Waals surface area contributed by atoms with Crippen molar-refractivity contribution in [2.24, 2.45) is 10.3 Å². The van der Waals surface area contributed by atoms with E-state index in [-0.39, 0.29) is 5.91 Å². The van der Waals surface area contributed by atoms with Gasteiger partial charge >= 0.3 is 0 Å². The summed E-state index contributed by atoms with van der Waals surface area (Å²) >= 11 is 0. The van der Waals surface area contributed by atoms with E-state index in [1.165, 1.54) is 12.8 Å². The van der Waals surface area contributed by atoms with E-state index in [2.05, 4.69) is 16.2 Å². The lowest BCUT2D eigenvalue weighted by molar-refractivity contribution is 0.0654. The van der Waals surface area contributed by atoms with Crippen molar-refractivity contribution in [2.45, 2.75) is 44.7 Å². The maximum atomic E-state index is 12.9. The van der Waals surface area contributed by atoms with E-state index in [1.807, 2.05) is 12.1 Å². The molecule has 0 heterocycles. The fraction of sp³-hybridized carbons (Fsp3) is 0.588. The Morgan fingerprint density at radius 1 is 1.27 bits per heavy atom. The van der Waals surface area contributed by atoms with Gasteiger partial charge in [-0.1, -0.05) is 6.07 Å². The molecule has 0 aliphatic heterocycles. The highest BCUT2D eigenvalue weighted by atomic mass is 32.2. The minimum atomic E-state index is -2.21. The maximum absolute atomic E-state index is 12.9. The Balaban J connectivity index is 1.87. The lowest BCUT2D eigenvalue weighted by Gasteiger charge is -2.29. The van der Waals surface area contributed by atoms with E-state index >= 15 is 0 Å². The molecule has 0 spiro atoms. The van der Waals surface area contributed by atoms with E-state index in [0.717, 1.165) is 12.8 Å². The first-order valence-corrected chi connectivity index (χ1v) is 10.3. The number of benzene rings is 1. The van der Waals surface area contributed by atoms with Crippen LogP contribution in [0.5, 0.6) is 0 Å². The highest BCUT2D eigenvalue weighted by Gasteiger charge is 2.41. The number of carbonyl (C=O) groups is 1. The summed E-state index contributed by atoms with van der Waals surface area (Å²) in [5, 5.41) is 0. The third-order valence-corrected chi connectivity index (χ3v) is 4.99. The lowest BCUT2D eigenvalue weighted by atomic mass is 10.1. The zero-order chi connectivity index (χ0) is 15.9. The summed E-state index contributed by atoms with van der Waals surface area (Å²) in [6, 6.07) is 7.96. The molecule has 22 heavy (non-hydrogen) atoms. The lowest BCUT2D eigenvalue weighted by Crippen LogP contribution is -2.41. The van der Waals surface area contributed by atoms with Gasteiger partial charge in [0.25, 0.3) is 5.91 Å². The molecule has 0 radical (unpaired) electrons. The van der Waals surface area contributed by atoms with E-state index in [0.29, 0.717) is 29.3 Å². The molecule has 120 valence electrons. The molecule has 0 N–H and O–H groups in total. The Morgan fingerprint density at radius 2 is 1.95 bits per heavy atom. The van der Waals surface area contributed by atoms with Gasteiger partial charge in [0.2, 0.25) is 0 Å². The van der Waals surface area contributed by atoms with Gasteiger partial charge in [0.1, 0.15) is 0 Å². The van der Waals surface area contributed by atoms with Crippen LogP contribution in [0.15, 0.2) is 28.6 Å². The van der Waals surface area contributed by atoms with Crippen LogP contribution in [-0.2, 0) is 9.73 Å². The number of amides is 1. The van der Waals surface area contributed by atoms with Gasteiger partial charge in [-0.25, -0.2) is 4.21 Å². The average Bonchev–Trinajstić information content (AvgIpc) is 3.29. The van der Waals surface area contributed by atoms with Crippen molar-refractivity contribution in [1.29, 1.82) is 0 Å². The van der Waals surface area contributed by atoms with Crippen molar-refractivity contribution in [3.63, 3.8) is 0 Å². The van der Waals surface area contributed by atoms with Gasteiger partial charge in [-0.05, 0) is 56.7 Å². The zero-order valence-electron chi connectivity index (χ0n) is 13.5. The van der Waals surface area contributed by atoms with Crippen molar-refractivity contribution < 1.29 is 9.00 Å². The largest absolute Gasteiger partial charge is 0.333 e. The molecular weight excluding hydrogens is 296 g/mol. The molecule has 1 unspecified atom stereocenters. The number of carbonyl (C=O) groups excluding carboxylic acids is 1. The second kappa shape index (κ2) is 5.69. The van der Waals surface area contributed by atoms with Crippen molar-refractivity contribution >= 4 is 21.3 Å². The van der Waals surface area contributed by atoms with Crippen molar-refractivity contribution in [2.75, 3.05) is 12.5 Å². The summed E-state index contributed by atoms with van der Waals surface area (Å²) in [6.07, 6.45) is 7.91. The Hall–Kier alpha value is -1.36. The maximum Gasteiger partial charge on any atom is 0.254 e. The zero-order valence-corrected chi connectivity index (χ0v) is 14.3. The number of hydrogen-bond acceptors (Lipinski definition) is 3. The number of hydrogen-bond donors (Lipinski definition) is 0. The van der Waals surface area contributed by atoms with Gasteiger partial charge in [-0.3, -0.25) is 4.79 Å². The second-order valence-electron chi connectivity index (χ2n) is 6.84. The normalized spacial score (nSPS) is 19.6. The summed E-state index contributed by atoms with van der Waals surface area (Å²) in [7, 11) is -2.21. The van der Waals surface area contributed by atoms with Gasteiger partial charge < -0.3 is 4.90 Å². The molecule has 1 aromatic carbocycles. The van der Waals surface area contributed by atoms with E-state index in [9.17, 15) is 9.00 Å². The molecule has 4 nitrogen and oxygen atoms in total. The van der Waals surface area contributed by atoms with Crippen molar-refractivity contribution in [3.8, 4) is 0 Å². The molecule has 2 aliphatic carbocycles. The standard InChI is InChI=1S/C17H24N2O2S/c1-12(13-7-8-13)19(16-9-10-16)17(20)14-5-4-6-15(11-14)18-22(2,3)21/h4-6,11-13,16H,7-10H2,1-3H3. The van der Waals surface area contributed by atoms with Crippen LogP contribution in [0.3, 0.4) is 0 Å². The van der Waals surface area contributed by atoms with Gasteiger partial charge in [-0.2, -0.15) is 4.36 Å². The SMILES string of the molecule is CC(C1CC1)N(C(=O)c1cccc(N=S(C)(C)=O)c1)C1CC1. The van der Waals surface area contributed by atoms with Gasteiger partial charge in [0.15, 0.2) is 0 Å². The molecule has 3 rings (SSSR count). The minimum Gasteiger partial charge on any atom is -0.333 e. The van der Waals surface area contributed by atoms with Crippen LogP contribution in [0.4, 0.5) is 5.69 Å². The van der Waals surface area contributed by atoms with Crippen LogP contribution < -0.4 is 0 Å². The molecule has 1 aromatic rings. The third kappa shape index (κ3) is 3.69. The van der Waals surface area contributed by atoms with Gasteiger partial charge in [0, 0.05) is 39.9 Å². The van der Waals surface area contributed by atoms with Crippen LogP contribution in [-0.4, -0.2) is 39.6 Å². The first-order valence-electron chi connectivity index (χ1n) is 7.95. The molecule has 0 bridgehead atoms.